The van der Waals surface area contributed by atoms with Crippen molar-refractivity contribution in [2.24, 2.45) is 0 Å². The summed E-state index contributed by atoms with van der Waals surface area (Å²) in [5.74, 6) is -4.16. The third-order valence-corrected chi connectivity index (χ3v) is 2.64. The molecule has 0 amide bonds. The number of rotatable bonds is 3. The Labute approximate surface area is 123 Å². The maximum absolute atomic E-state index is 13.2. The smallest absolute Gasteiger partial charge is 0.350 e. The monoisotopic (exact) mass is 310 g/mol. The van der Waals surface area contributed by atoms with Gasteiger partial charge in [0, 0.05) is 31.8 Å². The maximum Gasteiger partial charge on any atom is 0.350 e. The highest BCUT2D eigenvalue weighted by Crippen LogP contribution is 2.24. The molecule has 1 aliphatic heterocycles. The fourth-order valence-electron chi connectivity index (χ4n) is 1.68. The van der Waals surface area contributed by atoms with Gasteiger partial charge in [0.15, 0.2) is 5.57 Å². The van der Waals surface area contributed by atoms with Gasteiger partial charge in [0.1, 0.15) is 0 Å². The van der Waals surface area contributed by atoms with Crippen molar-refractivity contribution in [1.29, 1.82) is 0 Å². The number of hydrogen-bond donors (Lipinski definition) is 1. The molecule has 1 heterocycles. The van der Waals surface area contributed by atoms with Crippen LogP contribution in [-0.4, -0.2) is 22.6 Å². The van der Waals surface area contributed by atoms with Gasteiger partial charge in [-0.2, -0.15) is 4.39 Å². The number of nitro benzene ring substituents is 1. The van der Waals surface area contributed by atoms with Crippen molar-refractivity contribution < 1.29 is 28.4 Å². The summed E-state index contributed by atoms with van der Waals surface area (Å²) in [6.45, 7) is 2.80. The summed E-state index contributed by atoms with van der Waals surface area (Å²) < 4.78 is 22.9. The van der Waals surface area contributed by atoms with Crippen LogP contribution >= 0.6 is 0 Å². The molecular formula is C13H11FN2O6. The molecule has 0 unspecified atom stereocenters. The summed E-state index contributed by atoms with van der Waals surface area (Å²) >= 11 is 0. The normalized spacial score (nSPS) is 16.6. The molecule has 22 heavy (non-hydrogen) atoms. The number of esters is 2. The number of ether oxygens (including phenoxy) is 2. The number of hydrogen-bond acceptors (Lipinski definition) is 7. The summed E-state index contributed by atoms with van der Waals surface area (Å²) in [7, 11) is 0. The summed E-state index contributed by atoms with van der Waals surface area (Å²) in [5, 5.41) is 13.1. The van der Waals surface area contributed by atoms with E-state index < -0.39 is 39.7 Å². The molecule has 1 N–H and O–H groups in total. The molecule has 0 bridgehead atoms. The van der Waals surface area contributed by atoms with E-state index in [1.165, 1.54) is 19.9 Å². The molecule has 0 aliphatic carbocycles. The fraction of sp³-hybridized carbons (Fsp3) is 0.231. The van der Waals surface area contributed by atoms with Gasteiger partial charge in [-0.3, -0.25) is 10.1 Å². The standard InChI is InChI=1S/C13H11FN2O6/c1-13(2)21-11(17)8(12(18)22-13)6-15-7-3-4-9(14)10(5-7)16(19)20/h3-6,15H,1-2H3. The van der Waals surface area contributed by atoms with E-state index in [2.05, 4.69) is 5.32 Å². The van der Waals surface area contributed by atoms with Gasteiger partial charge >= 0.3 is 17.6 Å². The molecule has 1 fully saturated rings. The summed E-state index contributed by atoms with van der Waals surface area (Å²) in [5.41, 5.74) is -1.03. The molecule has 0 saturated carbocycles. The largest absolute Gasteiger partial charge is 0.419 e. The topological polar surface area (TPSA) is 108 Å². The van der Waals surface area contributed by atoms with Crippen molar-refractivity contribution >= 4 is 23.3 Å². The minimum Gasteiger partial charge on any atom is -0.419 e. The summed E-state index contributed by atoms with van der Waals surface area (Å²) in [4.78, 5) is 33.1. The Kier molecular flexibility index (Phi) is 3.81. The number of benzene rings is 1. The first-order chi connectivity index (χ1) is 10.2. The minimum absolute atomic E-state index is 0.117. The molecule has 1 saturated heterocycles. The van der Waals surface area contributed by atoms with E-state index in [-0.39, 0.29) is 5.69 Å². The van der Waals surface area contributed by atoms with Crippen LogP contribution in [0.3, 0.4) is 0 Å². The van der Waals surface area contributed by atoms with Crippen LogP contribution in [0.5, 0.6) is 0 Å². The molecule has 0 aromatic heterocycles. The Morgan fingerprint density at radius 3 is 2.41 bits per heavy atom. The van der Waals surface area contributed by atoms with Crippen LogP contribution in [0.4, 0.5) is 15.8 Å². The van der Waals surface area contributed by atoms with Crippen molar-refractivity contribution in [1.82, 2.24) is 0 Å². The number of nitrogens with one attached hydrogen (secondary N) is 1. The quantitative estimate of drug-likeness (QED) is 0.298. The predicted molar refractivity (Wildman–Crippen MR) is 71.0 cm³/mol. The van der Waals surface area contributed by atoms with Crippen LogP contribution < -0.4 is 5.32 Å². The van der Waals surface area contributed by atoms with Crippen LogP contribution in [-0.2, 0) is 19.1 Å². The van der Waals surface area contributed by atoms with Crippen LogP contribution in [0.25, 0.3) is 0 Å². The second kappa shape index (κ2) is 5.43. The molecule has 0 spiro atoms. The Hall–Kier alpha value is -2.97. The molecule has 9 heteroatoms. The SMILES string of the molecule is CC1(C)OC(=O)C(=CNc2ccc(F)c([N+](=O)[O-])c2)C(=O)O1. The van der Waals surface area contributed by atoms with Gasteiger partial charge in [-0.1, -0.05) is 0 Å². The highest BCUT2D eigenvalue weighted by molar-refractivity contribution is 6.15. The van der Waals surface area contributed by atoms with Gasteiger partial charge in [-0.25, -0.2) is 9.59 Å². The lowest BCUT2D eigenvalue weighted by Gasteiger charge is -2.29. The maximum atomic E-state index is 13.2. The lowest BCUT2D eigenvalue weighted by molar-refractivity contribution is -0.387. The van der Waals surface area contributed by atoms with E-state index in [0.717, 1.165) is 18.3 Å². The third-order valence-electron chi connectivity index (χ3n) is 2.64. The van der Waals surface area contributed by atoms with Gasteiger partial charge in [0.05, 0.1) is 4.92 Å². The zero-order valence-electron chi connectivity index (χ0n) is 11.6. The Morgan fingerprint density at radius 1 is 1.27 bits per heavy atom. The summed E-state index contributed by atoms with van der Waals surface area (Å²) in [6, 6.07) is 3.03. The highest BCUT2D eigenvalue weighted by Gasteiger charge is 2.38. The van der Waals surface area contributed by atoms with Crippen molar-refractivity contribution in [2.45, 2.75) is 19.6 Å². The van der Waals surface area contributed by atoms with Crippen molar-refractivity contribution in [3.63, 3.8) is 0 Å². The Balaban J connectivity index is 2.22. The number of nitro groups is 1. The second-order valence-electron chi connectivity index (χ2n) is 4.80. The zero-order valence-corrected chi connectivity index (χ0v) is 11.6. The van der Waals surface area contributed by atoms with Gasteiger partial charge in [-0.15, -0.1) is 0 Å². The minimum atomic E-state index is -1.36. The second-order valence-corrected chi connectivity index (χ2v) is 4.80. The van der Waals surface area contributed by atoms with Crippen molar-refractivity contribution in [2.75, 3.05) is 5.32 Å². The number of halogens is 1. The lowest BCUT2D eigenvalue weighted by Crippen LogP contribution is -2.42. The lowest BCUT2D eigenvalue weighted by atomic mass is 10.2. The number of carbonyl (C=O) groups is 2. The predicted octanol–water partition coefficient (Wildman–Crippen LogP) is 1.87. The van der Waals surface area contributed by atoms with Crippen LogP contribution in [0.1, 0.15) is 13.8 Å². The van der Waals surface area contributed by atoms with E-state index in [0.29, 0.717) is 0 Å². The molecule has 1 aromatic carbocycles. The first-order valence-electron chi connectivity index (χ1n) is 6.07. The van der Waals surface area contributed by atoms with Gasteiger partial charge in [0.25, 0.3) is 5.79 Å². The van der Waals surface area contributed by atoms with E-state index >= 15 is 0 Å². The van der Waals surface area contributed by atoms with Crippen molar-refractivity contribution in [3.05, 3.63) is 45.9 Å². The number of nitrogens with zero attached hydrogens (tertiary/aromatic N) is 1. The Morgan fingerprint density at radius 2 is 1.86 bits per heavy atom. The van der Waals surface area contributed by atoms with Crippen LogP contribution in [0.15, 0.2) is 30.0 Å². The zero-order chi connectivity index (χ0) is 16.5. The average molecular weight is 310 g/mol. The molecule has 1 aliphatic rings. The van der Waals surface area contributed by atoms with E-state index in [1.54, 1.807) is 0 Å². The number of carbonyl (C=O) groups excluding carboxylic acids is 2. The fourth-order valence-corrected chi connectivity index (χ4v) is 1.68. The van der Waals surface area contributed by atoms with Gasteiger partial charge < -0.3 is 14.8 Å². The van der Waals surface area contributed by atoms with Crippen molar-refractivity contribution in [3.8, 4) is 0 Å². The van der Waals surface area contributed by atoms with Crippen LogP contribution in [0.2, 0.25) is 0 Å². The molecule has 8 nitrogen and oxygen atoms in total. The third kappa shape index (κ3) is 3.19. The molecule has 0 atom stereocenters. The summed E-state index contributed by atoms with van der Waals surface area (Å²) in [6.07, 6.45) is 0.983. The molecular weight excluding hydrogens is 299 g/mol. The molecule has 1 aromatic rings. The first-order valence-corrected chi connectivity index (χ1v) is 6.07. The van der Waals surface area contributed by atoms with Crippen LogP contribution in [0, 0.1) is 15.9 Å². The highest BCUT2D eigenvalue weighted by atomic mass is 19.1. The van der Waals surface area contributed by atoms with E-state index in [4.69, 9.17) is 9.47 Å². The number of anilines is 1. The molecule has 116 valence electrons. The molecule has 0 radical (unpaired) electrons. The van der Waals surface area contributed by atoms with E-state index in [9.17, 15) is 24.1 Å². The Bertz CT molecular complexity index is 676. The van der Waals surface area contributed by atoms with Gasteiger partial charge in [0.2, 0.25) is 5.82 Å². The number of cyclic esters (lactones) is 2. The molecule has 2 rings (SSSR count). The first kappa shape index (κ1) is 15.4. The average Bonchev–Trinajstić information content (AvgIpc) is 2.37. The van der Waals surface area contributed by atoms with Gasteiger partial charge in [-0.05, 0) is 12.1 Å². The van der Waals surface area contributed by atoms with E-state index in [1.807, 2.05) is 0 Å².